The largest absolute Gasteiger partial charge is 0.379 e. The zero-order valence-electron chi connectivity index (χ0n) is 13.3. The molecule has 0 aliphatic carbocycles. The lowest BCUT2D eigenvalue weighted by atomic mass is 10.2. The summed E-state index contributed by atoms with van der Waals surface area (Å²) in [6, 6.07) is 7.63. The average Bonchev–Trinajstić information content (AvgIpc) is 2.48. The van der Waals surface area contributed by atoms with Crippen LogP contribution in [-0.4, -0.2) is 37.3 Å². The molecule has 6 nitrogen and oxygen atoms in total. The van der Waals surface area contributed by atoms with Gasteiger partial charge in [-0.2, -0.15) is 5.10 Å². The number of ether oxygens (including phenoxy) is 1. The Morgan fingerprint density at radius 3 is 2.55 bits per heavy atom. The molecule has 2 amide bonds. The fourth-order valence-corrected chi connectivity index (χ4v) is 1.54. The SMILES string of the molecule is Cc1ccc(/C=N\NC(=O)C(=O)NCCCOC(C)C)cc1. The molecule has 0 saturated heterocycles. The van der Waals surface area contributed by atoms with Gasteiger partial charge in [-0.25, -0.2) is 5.43 Å². The molecule has 120 valence electrons. The minimum atomic E-state index is -0.784. The number of benzene rings is 1. The van der Waals surface area contributed by atoms with E-state index in [1.54, 1.807) is 0 Å². The second kappa shape index (κ2) is 9.68. The Morgan fingerprint density at radius 1 is 1.23 bits per heavy atom. The number of aryl methyl sites for hydroxylation is 1. The molecule has 0 saturated carbocycles. The second-order valence-electron chi connectivity index (χ2n) is 5.14. The molecule has 0 fully saturated rings. The summed E-state index contributed by atoms with van der Waals surface area (Å²) < 4.78 is 5.33. The van der Waals surface area contributed by atoms with E-state index in [2.05, 4.69) is 15.8 Å². The Hall–Kier alpha value is -2.21. The second-order valence-corrected chi connectivity index (χ2v) is 5.14. The van der Waals surface area contributed by atoms with E-state index in [-0.39, 0.29) is 6.10 Å². The third-order valence-corrected chi connectivity index (χ3v) is 2.72. The van der Waals surface area contributed by atoms with Gasteiger partial charge in [0.2, 0.25) is 0 Å². The van der Waals surface area contributed by atoms with Crippen LogP contribution in [0.25, 0.3) is 0 Å². The molecule has 22 heavy (non-hydrogen) atoms. The summed E-state index contributed by atoms with van der Waals surface area (Å²) in [4.78, 5) is 23.0. The first-order valence-electron chi connectivity index (χ1n) is 7.28. The minimum absolute atomic E-state index is 0.162. The molecule has 1 aromatic carbocycles. The van der Waals surface area contributed by atoms with Gasteiger partial charge in [0.15, 0.2) is 0 Å². The maximum atomic E-state index is 11.5. The molecule has 0 heterocycles. The maximum Gasteiger partial charge on any atom is 0.329 e. The Kier molecular flexibility index (Phi) is 7.85. The Balaban J connectivity index is 2.23. The molecule has 0 bridgehead atoms. The maximum absolute atomic E-state index is 11.5. The molecule has 0 aliphatic heterocycles. The van der Waals surface area contributed by atoms with E-state index in [0.717, 1.165) is 11.1 Å². The van der Waals surface area contributed by atoms with Crippen LogP contribution in [0.2, 0.25) is 0 Å². The molecule has 0 aliphatic rings. The number of rotatable bonds is 7. The molecule has 0 spiro atoms. The first-order valence-corrected chi connectivity index (χ1v) is 7.28. The van der Waals surface area contributed by atoms with Crippen molar-refractivity contribution in [2.45, 2.75) is 33.3 Å². The van der Waals surface area contributed by atoms with Crippen LogP contribution < -0.4 is 10.7 Å². The fraction of sp³-hybridized carbons (Fsp3) is 0.438. The van der Waals surface area contributed by atoms with Crippen molar-refractivity contribution in [1.82, 2.24) is 10.7 Å². The molecule has 2 N–H and O–H groups in total. The number of carbonyl (C=O) groups is 2. The summed E-state index contributed by atoms with van der Waals surface area (Å²) in [6.45, 7) is 6.81. The third-order valence-electron chi connectivity index (χ3n) is 2.72. The van der Waals surface area contributed by atoms with E-state index in [1.165, 1.54) is 6.21 Å². The van der Waals surface area contributed by atoms with Gasteiger partial charge < -0.3 is 10.1 Å². The predicted molar refractivity (Wildman–Crippen MR) is 85.6 cm³/mol. The van der Waals surface area contributed by atoms with Crippen molar-refractivity contribution in [1.29, 1.82) is 0 Å². The molecule has 1 rings (SSSR count). The van der Waals surface area contributed by atoms with E-state index in [0.29, 0.717) is 19.6 Å². The molecule has 0 aromatic heterocycles. The fourth-order valence-electron chi connectivity index (χ4n) is 1.54. The summed E-state index contributed by atoms with van der Waals surface area (Å²) in [6.07, 6.45) is 2.31. The number of nitrogens with one attached hydrogen (secondary N) is 2. The van der Waals surface area contributed by atoms with Crippen LogP contribution in [-0.2, 0) is 14.3 Å². The van der Waals surface area contributed by atoms with Gasteiger partial charge in [0, 0.05) is 13.2 Å². The number of amides is 2. The summed E-state index contributed by atoms with van der Waals surface area (Å²) in [5.41, 5.74) is 4.18. The molecular weight excluding hydrogens is 282 g/mol. The normalized spacial score (nSPS) is 10.9. The third kappa shape index (κ3) is 7.54. The number of nitrogens with zero attached hydrogens (tertiary/aromatic N) is 1. The summed E-state index contributed by atoms with van der Waals surface area (Å²) >= 11 is 0. The van der Waals surface area contributed by atoms with Gasteiger partial charge >= 0.3 is 11.8 Å². The molecule has 0 unspecified atom stereocenters. The topological polar surface area (TPSA) is 79.8 Å². The highest BCUT2D eigenvalue weighted by Gasteiger charge is 2.11. The zero-order chi connectivity index (χ0) is 16.4. The van der Waals surface area contributed by atoms with Crippen molar-refractivity contribution in [2.24, 2.45) is 5.10 Å². The van der Waals surface area contributed by atoms with Crippen LogP contribution in [0.5, 0.6) is 0 Å². The van der Waals surface area contributed by atoms with E-state index in [4.69, 9.17) is 4.74 Å². The van der Waals surface area contributed by atoms with Crippen LogP contribution >= 0.6 is 0 Å². The Morgan fingerprint density at radius 2 is 1.91 bits per heavy atom. The zero-order valence-corrected chi connectivity index (χ0v) is 13.3. The smallest absolute Gasteiger partial charge is 0.329 e. The van der Waals surface area contributed by atoms with Crippen LogP contribution in [0.3, 0.4) is 0 Å². The van der Waals surface area contributed by atoms with Crippen molar-refractivity contribution >= 4 is 18.0 Å². The van der Waals surface area contributed by atoms with E-state index < -0.39 is 11.8 Å². The first-order chi connectivity index (χ1) is 10.5. The van der Waals surface area contributed by atoms with Crippen LogP contribution in [0.1, 0.15) is 31.4 Å². The number of hydrogen-bond acceptors (Lipinski definition) is 4. The molecule has 0 atom stereocenters. The number of hydrazone groups is 1. The Labute approximate surface area is 130 Å². The summed E-state index contributed by atoms with van der Waals surface area (Å²) in [7, 11) is 0. The average molecular weight is 305 g/mol. The van der Waals surface area contributed by atoms with E-state index in [9.17, 15) is 9.59 Å². The van der Waals surface area contributed by atoms with Crippen molar-refractivity contribution < 1.29 is 14.3 Å². The predicted octanol–water partition coefficient (Wildman–Crippen LogP) is 1.38. The monoisotopic (exact) mass is 305 g/mol. The van der Waals surface area contributed by atoms with Gasteiger partial charge in [-0.3, -0.25) is 9.59 Å². The van der Waals surface area contributed by atoms with Crippen molar-refractivity contribution in [3.63, 3.8) is 0 Å². The quantitative estimate of drug-likeness (QED) is 0.346. The van der Waals surface area contributed by atoms with Crippen molar-refractivity contribution in [2.75, 3.05) is 13.2 Å². The van der Waals surface area contributed by atoms with Crippen molar-refractivity contribution in [3.05, 3.63) is 35.4 Å². The van der Waals surface area contributed by atoms with Gasteiger partial charge in [-0.15, -0.1) is 0 Å². The van der Waals surface area contributed by atoms with Gasteiger partial charge in [-0.05, 0) is 32.8 Å². The molecule has 1 aromatic rings. The van der Waals surface area contributed by atoms with Crippen LogP contribution in [0.4, 0.5) is 0 Å². The van der Waals surface area contributed by atoms with Crippen LogP contribution in [0, 0.1) is 6.92 Å². The highest BCUT2D eigenvalue weighted by atomic mass is 16.5. The lowest BCUT2D eigenvalue weighted by Crippen LogP contribution is -2.38. The molecule has 0 radical (unpaired) electrons. The minimum Gasteiger partial charge on any atom is -0.379 e. The Bertz CT molecular complexity index is 510. The lowest BCUT2D eigenvalue weighted by molar-refractivity contribution is -0.139. The number of carbonyl (C=O) groups excluding carboxylic acids is 2. The highest BCUT2D eigenvalue weighted by molar-refractivity contribution is 6.35. The van der Waals surface area contributed by atoms with Gasteiger partial charge in [0.1, 0.15) is 0 Å². The lowest BCUT2D eigenvalue weighted by Gasteiger charge is -2.07. The van der Waals surface area contributed by atoms with Gasteiger partial charge in [0.05, 0.1) is 12.3 Å². The summed E-state index contributed by atoms with van der Waals surface area (Å²) in [5.74, 6) is -1.49. The first kappa shape index (κ1) is 17.8. The highest BCUT2D eigenvalue weighted by Crippen LogP contribution is 1.99. The number of hydrogen-bond donors (Lipinski definition) is 2. The van der Waals surface area contributed by atoms with Gasteiger partial charge in [0.25, 0.3) is 0 Å². The van der Waals surface area contributed by atoms with E-state index in [1.807, 2.05) is 45.0 Å². The molecule has 6 heteroatoms. The molecular formula is C16H23N3O3. The van der Waals surface area contributed by atoms with Crippen molar-refractivity contribution in [3.8, 4) is 0 Å². The standard InChI is InChI=1S/C16H23N3O3/c1-12(2)22-10-4-9-17-15(20)16(21)19-18-11-14-7-5-13(3)6-8-14/h5-8,11-12H,4,9-10H2,1-3H3,(H,17,20)(H,19,21)/b18-11-. The van der Waals surface area contributed by atoms with Gasteiger partial charge in [-0.1, -0.05) is 29.8 Å². The summed E-state index contributed by atoms with van der Waals surface area (Å²) in [5, 5.41) is 6.26. The van der Waals surface area contributed by atoms with Crippen LogP contribution in [0.15, 0.2) is 29.4 Å². The van der Waals surface area contributed by atoms with E-state index >= 15 is 0 Å².